The molecule has 3 nitrogen and oxygen atoms in total. The predicted octanol–water partition coefficient (Wildman–Crippen LogP) is 1.81. The van der Waals surface area contributed by atoms with Crippen molar-refractivity contribution in [1.82, 2.24) is 0 Å². The van der Waals surface area contributed by atoms with Crippen molar-refractivity contribution in [2.75, 3.05) is 31.3 Å². The molecule has 0 radical (unpaired) electrons. The highest BCUT2D eigenvalue weighted by Crippen LogP contribution is 2.28. The molecule has 0 bridgehead atoms. The lowest BCUT2D eigenvalue weighted by atomic mass is 10.0. The lowest BCUT2D eigenvalue weighted by molar-refractivity contribution is 0.0726. The second-order valence-corrected chi connectivity index (χ2v) is 4.85. The molecule has 94 valence electrons. The predicted molar refractivity (Wildman–Crippen MR) is 69.7 cm³/mol. The quantitative estimate of drug-likeness (QED) is 0.848. The number of aliphatic hydroxyl groups excluding tert-OH is 1. The summed E-state index contributed by atoms with van der Waals surface area (Å²) < 4.78 is 5.43. The lowest BCUT2D eigenvalue weighted by Crippen LogP contribution is -2.48. The van der Waals surface area contributed by atoms with Crippen LogP contribution in [0.5, 0.6) is 0 Å². The molecule has 17 heavy (non-hydrogen) atoms. The average Bonchev–Trinajstić information content (AvgIpc) is 2.28. The van der Waals surface area contributed by atoms with E-state index in [0.29, 0.717) is 6.61 Å². The molecule has 1 unspecified atom stereocenters. The third-order valence-corrected chi connectivity index (χ3v) is 3.36. The van der Waals surface area contributed by atoms with Gasteiger partial charge in [-0.2, -0.15) is 0 Å². The van der Waals surface area contributed by atoms with Gasteiger partial charge in [0, 0.05) is 12.2 Å². The first-order chi connectivity index (χ1) is 8.13. The highest BCUT2D eigenvalue weighted by atomic mass is 16.5. The molecule has 1 heterocycles. The van der Waals surface area contributed by atoms with Gasteiger partial charge < -0.3 is 14.7 Å². The van der Waals surface area contributed by atoms with Gasteiger partial charge in [0.15, 0.2) is 0 Å². The Morgan fingerprint density at radius 3 is 2.53 bits per heavy atom. The SMILES string of the molecule is Cc1cc(C)c(N2CCOCC2CO)c(C)c1. The van der Waals surface area contributed by atoms with E-state index in [2.05, 4.69) is 37.8 Å². The summed E-state index contributed by atoms with van der Waals surface area (Å²) in [7, 11) is 0. The number of hydrogen-bond acceptors (Lipinski definition) is 3. The van der Waals surface area contributed by atoms with Crippen LogP contribution in [0, 0.1) is 20.8 Å². The zero-order valence-electron chi connectivity index (χ0n) is 10.9. The molecule has 2 rings (SSSR count). The fourth-order valence-electron chi connectivity index (χ4n) is 2.73. The normalized spacial score (nSPS) is 20.7. The Morgan fingerprint density at radius 2 is 1.94 bits per heavy atom. The van der Waals surface area contributed by atoms with Crippen molar-refractivity contribution < 1.29 is 9.84 Å². The van der Waals surface area contributed by atoms with E-state index in [-0.39, 0.29) is 12.6 Å². The molecule has 1 aliphatic rings. The average molecular weight is 235 g/mol. The van der Waals surface area contributed by atoms with Crippen molar-refractivity contribution in [3.63, 3.8) is 0 Å². The Hall–Kier alpha value is -1.06. The van der Waals surface area contributed by atoms with E-state index in [1.807, 2.05) is 0 Å². The summed E-state index contributed by atoms with van der Waals surface area (Å²) in [5, 5.41) is 9.44. The van der Waals surface area contributed by atoms with E-state index >= 15 is 0 Å². The fraction of sp³-hybridized carbons (Fsp3) is 0.571. The zero-order chi connectivity index (χ0) is 12.4. The number of aryl methyl sites for hydroxylation is 3. The molecule has 0 aliphatic carbocycles. The number of anilines is 1. The lowest BCUT2D eigenvalue weighted by Gasteiger charge is -2.38. The van der Waals surface area contributed by atoms with Gasteiger partial charge in [0.25, 0.3) is 0 Å². The van der Waals surface area contributed by atoms with Gasteiger partial charge in [0.05, 0.1) is 25.9 Å². The molecule has 1 aliphatic heterocycles. The molecule has 1 saturated heterocycles. The van der Waals surface area contributed by atoms with E-state index in [4.69, 9.17) is 4.74 Å². The van der Waals surface area contributed by atoms with Crippen LogP contribution in [0.3, 0.4) is 0 Å². The Labute approximate surface area is 103 Å². The maximum atomic E-state index is 9.44. The molecular formula is C14H21NO2. The molecule has 1 N–H and O–H groups in total. The summed E-state index contributed by atoms with van der Waals surface area (Å²) >= 11 is 0. The molecule has 1 fully saturated rings. The minimum Gasteiger partial charge on any atom is -0.394 e. The Balaban J connectivity index is 2.38. The molecule has 3 heteroatoms. The van der Waals surface area contributed by atoms with Crippen LogP contribution in [0.2, 0.25) is 0 Å². The van der Waals surface area contributed by atoms with Crippen LogP contribution in [0.1, 0.15) is 16.7 Å². The highest BCUT2D eigenvalue weighted by molar-refractivity contribution is 5.61. The second kappa shape index (κ2) is 5.07. The fourth-order valence-corrected chi connectivity index (χ4v) is 2.73. The van der Waals surface area contributed by atoms with Crippen LogP contribution >= 0.6 is 0 Å². The summed E-state index contributed by atoms with van der Waals surface area (Å²) in [6.07, 6.45) is 0. The van der Waals surface area contributed by atoms with Crippen LogP contribution in [-0.2, 0) is 4.74 Å². The maximum absolute atomic E-state index is 9.44. The van der Waals surface area contributed by atoms with Crippen LogP contribution < -0.4 is 4.90 Å². The summed E-state index contributed by atoms with van der Waals surface area (Å²) in [5.41, 5.74) is 5.11. The van der Waals surface area contributed by atoms with E-state index in [0.717, 1.165) is 13.2 Å². The zero-order valence-corrected chi connectivity index (χ0v) is 10.9. The third-order valence-electron chi connectivity index (χ3n) is 3.36. The van der Waals surface area contributed by atoms with Crippen LogP contribution in [0.25, 0.3) is 0 Å². The summed E-state index contributed by atoms with van der Waals surface area (Å²) in [5.74, 6) is 0. The van der Waals surface area contributed by atoms with E-state index in [1.165, 1.54) is 22.4 Å². The topological polar surface area (TPSA) is 32.7 Å². The second-order valence-electron chi connectivity index (χ2n) is 4.85. The molecule has 1 aromatic carbocycles. The first-order valence-electron chi connectivity index (χ1n) is 6.16. The monoisotopic (exact) mass is 235 g/mol. The number of aliphatic hydroxyl groups is 1. The molecular weight excluding hydrogens is 214 g/mol. The van der Waals surface area contributed by atoms with Gasteiger partial charge in [0.1, 0.15) is 0 Å². The van der Waals surface area contributed by atoms with Crippen molar-refractivity contribution in [2.24, 2.45) is 0 Å². The minimum absolute atomic E-state index is 0.0869. The van der Waals surface area contributed by atoms with Gasteiger partial charge in [-0.3, -0.25) is 0 Å². The largest absolute Gasteiger partial charge is 0.394 e. The standard InChI is InChI=1S/C14H21NO2/c1-10-6-11(2)14(12(3)7-10)15-4-5-17-9-13(15)8-16/h6-7,13,16H,4-5,8-9H2,1-3H3. The molecule has 1 aromatic rings. The van der Waals surface area contributed by atoms with Crippen molar-refractivity contribution in [3.8, 4) is 0 Å². The smallest absolute Gasteiger partial charge is 0.0755 e. The third kappa shape index (κ3) is 2.45. The van der Waals surface area contributed by atoms with Crippen molar-refractivity contribution in [2.45, 2.75) is 26.8 Å². The number of hydrogen-bond donors (Lipinski definition) is 1. The number of morpholine rings is 1. The van der Waals surface area contributed by atoms with Gasteiger partial charge in [-0.15, -0.1) is 0 Å². The minimum atomic E-state index is 0.0869. The first kappa shape index (κ1) is 12.4. The van der Waals surface area contributed by atoms with Crippen molar-refractivity contribution >= 4 is 5.69 Å². The van der Waals surface area contributed by atoms with Gasteiger partial charge >= 0.3 is 0 Å². The van der Waals surface area contributed by atoms with Gasteiger partial charge in [-0.25, -0.2) is 0 Å². The Morgan fingerprint density at radius 1 is 1.29 bits per heavy atom. The highest BCUT2D eigenvalue weighted by Gasteiger charge is 2.24. The first-order valence-corrected chi connectivity index (χ1v) is 6.16. The van der Waals surface area contributed by atoms with Gasteiger partial charge in [-0.05, 0) is 31.9 Å². The van der Waals surface area contributed by atoms with Crippen LogP contribution in [0.4, 0.5) is 5.69 Å². The summed E-state index contributed by atoms with van der Waals surface area (Å²) in [6.45, 7) is 8.75. The maximum Gasteiger partial charge on any atom is 0.0755 e. The van der Waals surface area contributed by atoms with Crippen molar-refractivity contribution in [1.29, 1.82) is 0 Å². The van der Waals surface area contributed by atoms with E-state index in [9.17, 15) is 5.11 Å². The van der Waals surface area contributed by atoms with E-state index in [1.54, 1.807) is 0 Å². The number of benzene rings is 1. The Bertz CT molecular complexity index is 380. The van der Waals surface area contributed by atoms with E-state index < -0.39 is 0 Å². The summed E-state index contributed by atoms with van der Waals surface area (Å²) in [6, 6.07) is 4.49. The molecule has 0 saturated carbocycles. The molecule has 1 atom stereocenters. The van der Waals surface area contributed by atoms with Gasteiger partial charge in [0.2, 0.25) is 0 Å². The molecule has 0 aromatic heterocycles. The molecule has 0 spiro atoms. The number of ether oxygens (including phenoxy) is 1. The van der Waals surface area contributed by atoms with Crippen molar-refractivity contribution in [3.05, 3.63) is 28.8 Å². The van der Waals surface area contributed by atoms with Gasteiger partial charge in [-0.1, -0.05) is 17.7 Å². The van der Waals surface area contributed by atoms with Crippen LogP contribution in [0.15, 0.2) is 12.1 Å². The number of nitrogens with zero attached hydrogens (tertiary/aromatic N) is 1. The molecule has 0 amide bonds. The summed E-state index contributed by atoms with van der Waals surface area (Å²) in [4.78, 5) is 2.29. The number of rotatable bonds is 2. The Kier molecular flexibility index (Phi) is 3.69. The van der Waals surface area contributed by atoms with Crippen LogP contribution in [-0.4, -0.2) is 37.5 Å².